The van der Waals surface area contributed by atoms with Gasteiger partial charge in [-0.3, -0.25) is 9.54 Å². The molecular weight excluding hydrogens is 202 g/mol. The molecule has 0 amide bonds. The van der Waals surface area contributed by atoms with Gasteiger partial charge in [0, 0.05) is 12.4 Å². The maximum Gasteiger partial charge on any atom is 0.269 e. The van der Waals surface area contributed by atoms with Gasteiger partial charge in [-0.05, 0) is 11.6 Å². The largest absolute Gasteiger partial charge is 0.285 e. The monoisotopic (exact) mass is 207 g/mol. The Bertz CT molecular complexity index is 376. The fourth-order valence-electron chi connectivity index (χ4n) is 0.718. The van der Waals surface area contributed by atoms with E-state index in [1.54, 1.807) is 0 Å². The first-order chi connectivity index (χ1) is 5.49. The molecule has 0 aliphatic rings. The van der Waals surface area contributed by atoms with Gasteiger partial charge in [-0.15, -0.1) is 0 Å². The topological polar surface area (TPSA) is 67.3 Å². The van der Waals surface area contributed by atoms with Gasteiger partial charge in [0.1, 0.15) is 5.75 Å². The Hall–Kier alpha value is -0.650. The van der Waals surface area contributed by atoms with Crippen molar-refractivity contribution in [1.82, 2.24) is 4.98 Å². The Morgan fingerprint density at radius 1 is 1.58 bits per heavy atom. The zero-order valence-corrected chi connectivity index (χ0v) is 7.51. The molecule has 0 radical (unpaired) electrons. The Morgan fingerprint density at radius 3 is 2.75 bits per heavy atom. The molecule has 0 spiro atoms. The van der Waals surface area contributed by atoms with E-state index in [1.807, 2.05) is 0 Å². The number of halogens is 1. The van der Waals surface area contributed by atoms with Crippen LogP contribution < -0.4 is 0 Å². The number of pyridine rings is 1. The van der Waals surface area contributed by atoms with Crippen LogP contribution in [0.15, 0.2) is 18.5 Å². The van der Waals surface area contributed by atoms with Crippen molar-refractivity contribution in [1.29, 1.82) is 0 Å². The second-order valence-electron chi connectivity index (χ2n) is 2.19. The van der Waals surface area contributed by atoms with Gasteiger partial charge in [0.15, 0.2) is 0 Å². The van der Waals surface area contributed by atoms with Crippen LogP contribution in [0.2, 0.25) is 5.02 Å². The van der Waals surface area contributed by atoms with Gasteiger partial charge in [-0.1, -0.05) is 11.6 Å². The van der Waals surface area contributed by atoms with Crippen molar-refractivity contribution in [3.63, 3.8) is 0 Å². The minimum absolute atomic E-state index is 0.232. The van der Waals surface area contributed by atoms with Crippen LogP contribution in [0.5, 0.6) is 0 Å². The molecule has 1 rings (SSSR count). The van der Waals surface area contributed by atoms with Gasteiger partial charge in [0.25, 0.3) is 10.1 Å². The highest BCUT2D eigenvalue weighted by Crippen LogP contribution is 2.15. The first-order valence-corrected chi connectivity index (χ1v) is 5.01. The van der Waals surface area contributed by atoms with Crippen LogP contribution in [-0.2, 0) is 15.9 Å². The quantitative estimate of drug-likeness (QED) is 0.738. The number of hydrogen-bond donors (Lipinski definition) is 1. The molecule has 12 heavy (non-hydrogen) atoms. The molecule has 0 unspecified atom stereocenters. The smallest absolute Gasteiger partial charge is 0.269 e. The summed E-state index contributed by atoms with van der Waals surface area (Å²) in [5, 5.41) is 0.232. The molecule has 0 aliphatic carbocycles. The highest BCUT2D eigenvalue weighted by molar-refractivity contribution is 7.85. The lowest BCUT2D eigenvalue weighted by molar-refractivity contribution is 0.482. The maximum absolute atomic E-state index is 10.4. The molecule has 0 fully saturated rings. The summed E-state index contributed by atoms with van der Waals surface area (Å²) in [5.41, 5.74) is 0.342. The normalized spacial score (nSPS) is 11.5. The van der Waals surface area contributed by atoms with E-state index < -0.39 is 15.9 Å². The summed E-state index contributed by atoms with van der Waals surface area (Å²) in [6, 6.07) is 1.44. The van der Waals surface area contributed by atoms with Crippen molar-refractivity contribution in [2.75, 3.05) is 0 Å². The fourth-order valence-corrected chi connectivity index (χ4v) is 1.63. The molecule has 0 atom stereocenters. The molecule has 1 N–H and O–H groups in total. The molecule has 4 nitrogen and oxygen atoms in total. The van der Waals surface area contributed by atoms with Crippen molar-refractivity contribution >= 4 is 21.7 Å². The van der Waals surface area contributed by atoms with Gasteiger partial charge in [0.2, 0.25) is 0 Å². The van der Waals surface area contributed by atoms with E-state index in [1.165, 1.54) is 18.5 Å². The van der Waals surface area contributed by atoms with Crippen LogP contribution in [0, 0.1) is 0 Å². The summed E-state index contributed by atoms with van der Waals surface area (Å²) in [5.74, 6) is -0.478. The molecule has 0 bridgehead atoms. The van der Waals surface area contributed by atoms with Crippen molar-refractivity contribution in [2.24, 2.45) is 0 Å². The molecule has 0 saturated carbocycles. The molecule has 66 valence electrons. The third kappa shape index (κ3) is 2.77. The van der Waals surface area contributed by atoms with Crippen LogP contribution in [0.3, 0.4) is 0 Å². The Labute approximate surface area is 74.9 Å². The number of aromatic nitrogens is 1. The zero-order valence-electron chi connectivity index (χ0n) is 5.94. The van der Waals surface area contributed by atoms with Crippen molar-refractivity contribution in [3.05, 3.63) is 29.0 Å². The Kier molecular flexibility index (Phi) is 2.66. The van der Waals surface area contributed by atoms with Gasteiger partial charge in [-0.25, -0.2) is 0 Å². The van der Waals surface area contributed by atoms with E-state index in [0.29, 0.717) is 5.56 Å². The molecular formula is C6H6ClNO3S. The summed E-state index contributed by atoms with van der Waals surface area (Å²) >= 11 is 5.59. The summed E-state index contributed by atoms with van der Waals surface area (Å²) < 4.78 is 29.3. The standard InChI is InChI=1S/C6H6ClNO3S/c7-6-3-8-2-1-5(6)4-12(9,10)11/h1-3H,4H2,(H,9,10,11). The van der Waals surface area contributed by atoms with Crippen molar-refractivity contribution in [3.8, 4) is 0 Å². The molecule has 1 aromatic heterocycles. The van der Waals surface area contributed by atoms with Gasteiger partial charge in [0.05, 0.1) is 5.02 Å². The van der Waals surface area contributed by atoms with Gasteiger partial charge in [-0.2, -0.15) is 8.42 Å². The second-order valence-corrected chi connectivity index (χ2v) is 4.05. The first kappa shape index (κ1) is 9.44. The minimum Gasteiger partial charge on any atom is -0.285 e. The van der Waals surface area contributed by atoms with Crippen LogP contribution in [0.1, 0.15) is 5.56 Å². The lowest BCUT2D eigenvalue weighted by Gasteiger charge is -1.99. The average molecular weight is 208 g/mol. The molecule has 6 heteroatoms. The van der Waals surface area contributed by atoms with E-state index in [2.05, 4.69) is 4.98 Å². The van der Waals surface area contributed by atoms with Crippen LogP contribution >= 0.6 is 11.6 Å². The van der Waals surface area contributed by atoms with E-state index in [0.717, 1.165) is 0 Å². The van der Waals surface area contributed by atoms with Crippen molar-refractivity contribution < 1.29 is 13.0 Å². The third-order valence-electron chi connectivity index (χ3n) is 1.19. The number of nitrogens with zero attached hydrogens (tertiary/aromatic N) is 1. The van der Waals surface area contributed by atoms with E-state index >= 15 is 0 Å². The maximum atomic E-state index is 10.4. The second kappa shape index (κ2) is 3.38. The van der Waals surface area contributed by atoms with E-state index in [4.69, 9.17) is 16.2 Å². The molecule has 0 aromatic carbocycles. The highest BCUT2D eigenvalue weighted by atomic mass is 35.5. The highest BCUT2D eigenvalue weighted by Gasteiger charge is 2.08. The molecule has 0 saturated heterocycles. The van der Waals surface area contributed by atoms with E-state index in [-0.39, 0.29) is 5.02 Å². The van der Waals surface area contributed by atoms with Crippen LogP contribution in [0.4, 0.5) is 0 Å². The van der Waals surface area contributed by atoms with Crippen molar-refractivity contribution in [2.45, 2.75) is 5.75 Å². The first-order valence-electron chi connectivity index (χ1n) is 3.02. The summed E-state index contributed by atoms with van der Waals surface area (Å²) in [6.07, 6.45) is 2.73. The molecule has 1 heterocycles. The number of hydrogen-bond acceptors (Lipinski definition) is 3. The van der Waals surface area contributed by atoms with Gasteiger partial charge < -0.3 is 0 Å². The molecule has 0 aliphatic heterocycles. The molecule has 1 aromatic rings. The third-order valence-corrected chi connectivity index (χ3v) is 2.21. The predicted octanol–water partition coefficient (Wildman–Crippen LogP) is 1.12. The summed E-state index contributed by atoms with van der Waals surface area (Å²) in [4.78, 5) is 3.67. The fraction of sp³-hybridized carbons (Fsp3) is 0.167. The van der Waals surface area contributed by atoms with Crippen LogP contribution in [0.25, 0.3) is 0 Å². The SMILES string of the molecule is O=S(=O)(O)Cc1ccncc1Cl. The number of rotatable bonds is 2. The van der Waals surface area contributed by atoms with Gasteiger partial charge >= 0.3 is 0 Å². The summed E-state index contributed by atoms with van der Waals surface area (Å²) in [6.45, 7) is 0. The zero-order chi connectivity index (χ0) is 9.19. The van der Waals surface area contributed by atoms with E-state index in [9.17, 15) is 8.42 Å². The summed E-state index contributed by atoms with van der Waals surface area (Å²) in [7, 11) is -4.01. The lowest BCUT2D eigenvalue weighted by atomic mass is 10.3. The predicted molar refractivity (Wildman–Crippen MR) is 44.5 cm³/mol. The minimum atomic E-state index is -4.01. The average Bonchev–Trinajstić information content (AvgIpc) is 1.91. The lowest BCUT2D eigenvalue weighted by Crippen LogP contribution is -2.02. The Balaban J connectivity index is 2.98. The Morgan fingerprint density at radius 2 is 2.25 bits per heavy atom. The van der Waals surface area contributed by atoms with Crippen LogP contribution in [-0.4, -0.2) is 18.0 Å².